The van der Waals surface area contributed by atoms with Crippen LogP contribution >= 0.6 is 0 Å². The van der Waals surface area contributed by atoms with Crippen LogP contribution in [0, 0.1) is 0 Å². The van der Waals surface area contributed by atoms with Crippen molar-refractivity contribution in [2.75, 3.05) is 31.6 Å². The fraction of sp³-hybridized carbons (Fsp3) is 0.429. The molecule has 1 atom stereocenters. The molecule has 0 radical (unpaired) electrons. The third-order valence-corrected chi connectivity index (χ3v) is 5.14. The van der Waals surface area contributed by atoms with Crippen molar-refractivity contribution in [1.29, 1.82) is 0 Å². The van der Waals surface area contributed by atoms with E-state index >= 15 is 0 Å². The fourth-order valence-electron chi connectivity index (χ4n) is 3.69. The van der Waals surface area contributed by atoms with Crippen LogP contribution in [0.1, 0.15) is 25.0 Å². The Morgan fingerprint density at radius 3 is 2.83 bits per heavy atom. The first-order valence-corrected chi connectivity index (χ1v) is 9.93. The smallest absolute Gasteiger partial charge is 0.237 e. The lowest BCUT2D eigenvalue weighted by atomic mass is 10.2. The molecule has 2 aromatic rings. The molecule has 1 aromatic carbocycles. The van der Waals surface area contributed by atoms with E-state index < -0.39 is 0 Å². The Morgan fingerprint density at radius 2 is 2.00 bits per heavy atom. The Labute approximate surface area is 169 Å². The molecule has 8 heteroatoms. The summed E-state index contributed by atoms with van der Waals surface area (Å²) in [4.78, 5) is 26.9. The minimum Gasteiger partial charge on any atom is -0.486 e. The summed E-state index contributed by atoms with van der Waals surface area (Å²) >= 11 is 0. The number of carbonyl (C=O) groups excluding carboxylic acids is 2. The number of carbonyl (C=O) groups is 2. The standard InChI is InChI=1S/C21H25N3O5/c25-20(23-15-5-6-18-19(13-15)29-12-11-28-18)7-9-24-8-1-4-17(24)21(26)22-14-16-3-2-10-27-16/h2-3,5-6,10,13,17H,1,4,7-9,11-12,14H2,(H,22,26)(H,23,25)/t17-/m1/s1. The quantitative estimate of drug-likeness (QED) is 0.741. The van der Waals surface area contributed by atoms with Crippen LogP contribution in [-0.4, -0.2) is 49.1 Å². The van der Waals surface area contributed by atoms with E-state index in [1.807, 2.05) is 6.07 Å². The lowest BCUT2D eigenvalue weighted by Gasteiger charge is -2.23. The average molecular weight is 399 g/mol. The minimum absolute atomic E-state index is 0.0221. The monoisotopic (exact) mass is 399 g/mol. The number of anilines is 1. The molecule has 2 aliphatic heterocycles. The van der Waals surface area contributed by atoms with E-state index in [4.69, 9.17) is 13.9 Å². The zero-order chi connectivity index (χ0) is 20.1. The maximum atomic E-state index is 12.5. The second-order valence-corrected chi connectivity index (χ2v) is 7.15. The van der Waals surface area contributed by atoms with Crippen LogP contribution in [-0.2, 0) is 16.1 Å². The van der Waals surface area contributed by atoms with Gasteiger partial charge in [-0.05, 0) is 43.7 Å². The van der Waals surface area contributed by atoms with Crippen molar-refractivity contribution in [1.82, 2.24) is 10.2 Å². The van der Waals surface area contributed by atoms with E-state index in [9.17, 15) is 9.59 Å². The molecular weight excluding hydrogens is 374 g/mol. The number of benzene rings is 1. The number of furan rings is 1. The van der Waals surface area contributed by atoms with E-state index in [0.717, 1.165) is 25.1 Å². The van der Waals surface area contributed by atoms with Crippen LogP contribution in [0.15, 0.2) is 41.0 Å². The Morgan fingerprint density at radius 1 is 1.14 bits per heavy atom. The van der Waals surface area contributed by atoms with E-state index in [1.54, 1.807) is 30.5 Å². The predicted molar refractivity (Wildman–Crippen MR) is 106 cm³/mol. The molecule has 0 saturated carbocycles. The van der Waals surface area contributed by atoms with E-state index in [0.29, 0.717) is 49.9 Å². The first-order valence-electron chi connectivity index (χ1n) is 9.93. The molecule has 0 unspecified atom stereocenters. The van der Waals surface area contributed by atoms with E-state index in [2.05, 4.69) is 15.5 Å². The van der Waals surface area contributed by atoms with Gasteiger partial charge in [0.05, 0.1) is 18.8 Å². The molecule has 2 amide bonds. The van der Waals surface area contributed by atoms with E-state index in [-0.39, 0.29) is 17.9 Å². The first kappa shape index (κ1) is 19.3. The van der Waals surface area contributed by atoms with Gasteiger partial charge in [-0.25, -0.2) is 0 Å². The van der Waals surface area contributed by atoms with Crippen LogP contribution in [0.25, 0.3) is 0 Å². The van der Waals surface area contributed by atoms with Gasteiger partial charge < -0.3 is 24.5 Å². The zero-order valence-corrected chi connectivity index (χ0v) is 16.2. The SMILES string of the molecule is O=C(CCN1CCC[C@@H]1C(=O)NCc1ccco1)Nc1ccc2c(c1)OCCO2. The highest BCUT2D eigenvalue weighted by molar-refractivity contribution is 5.91. The average Bonchev–Trinajstić information content (AvgIpc) is 3.42. The third kappa shape index (κ3) is 4.89. The molecule has 0 bridgehead atoms. The Balaban J connectivity index is 1.25. The lowest BCUT2D eigenvalue weighted by Crippen LogP contribution is -2.43. The van der Waals surface area contributed by atoms with Gasteiger partial charge in [-0.2, -0.15) is 0 Å². The molecule has 3 heterocycles. The van der Waals surface area contributed by atoms with Gasteiger partial charge in [-0.15, -0.1) is 0 Å². The molecule has 1 saturated heterocycles. The van der Waals surface area contributed by atoms with Crippen molar-refractivity contribution < 1.29 is 23.5 Å². The van der Waals surface area contributed by atoms with Crippen molar-refractivity contribution in [3.8, 4) is 11.5 Å². The van der Waals surface area contributed by atoms with Crippen LogP contribution in [0.5, 0.6) is 11.5 Å². The first-order chi connectivity index (χ1) is 14.2. The van der Waals surface area contributed by atoms with Crippen molar-refractivity contribution in [3.63, 3.8) is 0 Å². The molecule has 8 nitrogen and oxygen atoms in total. The molecular formula is C21H25N3O5. The number of nitrogens with one attached hydrogen (secondary N) is 2. The summed E-state index contributed by atoms with van der Waals surface area (Å²) in [5.74, 6) is 1.94. The third-order valence-electron chi connectivity index (χ3n) is 5.14. The molecule has 154 valence electrons. The molecule has 29 heavy (non-hydrogen) atoms. The number of likely N-dealkylation sites (tertiary alicyclic amines) is 1. The normalized spacial score (nSPS) is 18.4. The number of rotatable bonds is 7. The van der Waals surface area contributed by atoms with Gasteiger partial charge in [0.1, 0.15) is 19.0 Å². The summed E-state index contributed by atoms with van der Waals surface area (Å²) < 4.78 is 16.3. The summed E-state index contributed by atoms with van der Waals surface area (Å²) in [7, 11) is 0. The van der Waals surface area contributed by atoms with Crippen molar-refractivity contribution >= 4 is 17.5 Å². The van der Waals surface area contributed by atoms with Crippen LogP contribution in [0.3, 0.4) is 0 Å². The fourth-order valence-corrected chi connectivity index (χ4v) is 3.69. The van der Waals surface area contributed by atoms with Gasteiger partial charge in [0.25, 0.3) is 0 Å². The van der Waals surface area contributed by atoms with Crippen molar-refractivity contribution in [3.05, 3.63) is 42.4 Å². The van der Waals surface area contributed by atoms with Gasteiger partial charge in [-0.1, -0.05) is 0 Å². The van der Waals surface area contributed by atoms with Crippen LogP contribution in [0.2, 0.25) is 0 Å². The molecule has 4 rings (SSSR count). The van der Waals surface area contributed by atoms with Gasteiger partial charge in [0, 0.05) is 24.7 Å². The summed E-state index contributed by atoms with van der Waals surface area (Å²) in [5.41, 5.74) is 0.674. The number of hydrogen-bond acceptors (Lipinski definition) is 6. The highest BCUT2D eigenvalue weighted by Crippen LogP contribution is 2.32. The maximum Gasteiger partial charge on any atom is 0.237 e. The summed E-state index contributed by atoms with van der Waals surface area (Å²) in [6, 6.07) is 8.79. The second-order valence-electron chi connectivity index (χ2n) is 7.15. The number of hydrogen-bond donors (Lipinski definition) is 2. The number of fused-ring (bicyclic) bond motifs is 1. The summed E-state index contributed by atoms with van der Waals surface area (Å²) in [6.07, 6.45) is 3.65. The topological polar surface area (TPSA) is 93.0 Å². The van der Waals surface area contributed by atoms with Gasteiger partial charge >= 0.3 is 0 Å². The lowest BCUT2D eigenvalue weighted by molar-refractivity contribution is -0.126. The molecule has 0 aliphatic carbocycles. The molecule has 2 aliphatic rings. The summed E-state index contributed by atoms with van der Waals surface area (Å²) in [5, 5.41) is 5.80. The van der Waals surface area contributed by atoms with Gasteiger partial charge in [-0.3, -0.25) is 14.5 Å². The molecule has 1 fully saturated rings. The number of ether oxygens (including phenoxy) is 2. The maximum absolute atomic E-state index is 12.5. The number of amides is 2. The minimum atomic E-state index is -0.202. The highest BCUT2D eigenvalue weighted by Gasteiger charge is 2.30. The van der Waals surface area contributed by atoms with Crippen molar-refractivity contribution in [2.45, 2.75) is 31.8 Å². The molecule has 2 N–H and O–H groups in total. The second kappa shape index (κ2) is 9.00. The van der Waals surface area contributed by atoms with Crippen molar-refractivity contribution in [2.24, 2.45) is 0 Å². The highest BCUT2D eigenvalue weighted by atomic mass is 16.6. The predicted octanol–water partition coefficient (Wildman–Crippen LogP) is 2.16. The molecule has 0 spiro atoms. The zero-order valence-electron chi connectivity index (χ0n) is 16.2. The number of nitrogens with zero attached hydrogens (tertiary/aromatic N) is 1. The Kier molecular flexibility index (Phi) is 6.00. The van der Waals surface area contributed by atoms with Crippen LogP contribution in [0.4, 0.5) is 5.69 Å². The van der Waals surface area contributed by atoms with Gasteiger partial charge in [0.2, 0.25) is 11.8 Å². The largest absolute Gasteiger partial charge is 0.486 e. The van der Waals surface area contributed by atoms with E-state index in [1.165, 1.54) is 0 Å². The Bertz CT molecular complexity index is 852. The van der Waals surface area contributed by atoms with Crippen LogP contribution < -0.4 is 20.1 Å². The van der Waals surface area contributed by atoms with Gasteiger partial charge in [0.15, 0.2) is 11.5 Å². The Hall–Kier alpha value is -3.00. The molecule has 1 aromatic heterocycles. The summed E-state index contributed by atoms with van der Waals surface area (Å²) in [6.45, 7) is 2.76.